The molecule has 4 nitrogen and oxygen atoms in total. The molecule has 0 saturated carbocycles. The monoisotopic (exact) mass is 306 g/mol. The molecule has 6 heteroatoms. The molecule has 0 bridgehead atoms. The fourth-order valence-corrected chi connectivity index (χ4v) is 2.34. The summed E-state index contributed by atoms with van der Waals surface area (Å²) in [6.07, 6.45) is 0. The highest BCUT2D eigenvalue weighted by Gasteiger charge is 2.06. The molecule has 0 atom stereocenters. The van der Waals surface area contributed by atoms with Crippen LogP contribution in [0.2, 0.25) is 0 Å². The largest absolute Gasteiger partial charge is 0.497 e. The van der Waals surface area contributed by atoms with Crippen LogP contribution in [-0.4, -0.2) is 18.8 Å². The van der Waals surface area contributed by atoms with Crippen molar-refractivity contribution >= 4 is 29.0 Å². The van der Waals surface area contributed by atoms with Crippen LogP contribution < -0.4 is 15.8 Å². The molecule has 0 unspecified atom stereocenters. The maximum atomic E-state index is 13.3. The van der Waals surface area contributed by atoms with Crippen molar-refractivity contribution in [2.75, 3.05) is 23.9 Å². The molecular formula is C15H15FN2O2S. The van der Waals surface area contributed by atoms with Crippen molar-refractivity contribution in [2.24, 2.45) is 0 Å². The molecule has 0 aliphatic carbocycles. The summed E-state index contributed by atoms with van der Waals surface area (Å²) in [5, 5.41) is 2.76. The van der Waals surface area contributed by atoms with Crippen LogP contribution >= 0.6 is 11.8 Å². The predicted molar refractivity (Wildman–Crippen MR) is 83.2 cm³/mol. The lowest BCUT2D eigenvalue weighted by Gasteiger charge is -2.06. The number of ether oxygens (including phenoxy) is 1. The quantitative estimate of drug-likeness (QED) is 0.658. The van der Waals surface area contributed by atoms with E-state index in [1.807, 2.05) is 0 Å². The number of hydrogen-bond acceptors (Lipinski definition) is 4. The summed E-state index contributed by atoms with van der Waals surface area (Å²) < 4.78 is 18.3. The van der Waals surface area contributed by atoms with Gasteiger partial charge in [-0.15, -0.1) is 11.8 Å². The smallest absolute Gasteiger partial charge is 0.234 e. The number of halogens is 1. The Bertz CT molecular complexity index is 632. The second-order valence-electron chi connectivity index (χ2n) is 4.25. The lowest BCUT2D eigenvalue weighted by Crippen LogP contribution is -2.13. The van der Waals surface area contributed by atoms with Gasteiger partial charge in [0.25, 0.3) is 0 Å². The number of methoxy groups -OCH3 is 1. The van der Waals surface area contributed by atoms with Crippen LogP contribution in [0.4, 0.5) is 15.8 Å². The minimum absolute atomic E-state index is 0.0991. The van der Waals surface area contributed by atoms with Gasteiger partial charge in [0.1, 0.15) is 11.6 Å². The SMILES string of the molecule is COc1ccc(NC(=O)CSc2ccc(N)c(F)c2)cc1. The van der Waals surface area contributed by atoms with Crippen LogP contribution in [0.5, 0.6) is 5.75 Å². The third-order valence-electron chi connectivity index (χ3n) is 2.72. The van der Waals surface area contributed by atoms with E-state index in [1.165, 1.54) is 23.9 Å². The molecule has 110 valence electrons. The maximum absolute atomic E-state index is 13.3. The van der Waals surface area contributed by atoms with Gasteiger partial charge in [-0.2, -0.15) is 0 Å². The maximum Gasteiger partial charge on any atom is 0.234 e. The Kier molecular flexibility index (Phi) is 5.05. The zero-order valence-electron chi connectivity index (χ0n) is 11.4. The molecule has 2 rings (SSSR count). The normalized spacial score (nSPS) is 10.2. The van der Waals surface area contributed by atoms with Gasteiger partial charge in [0.05, 0.1) is 18.6 Å². The second-order valence-corrected chi connectivity index (χ2v) is 5.30. The number of carbonyl (C=O) groups excluding carboxylic acids is 1. The molecule has 2 aromatic rings. The zero-order valence-corrected chi connectivity index (χ0v) is 12.2. The van der Waals surface area contributed by atoms with Crippen molar-refractivity contribution in [1.29, 1.82) is 0 Å². The number of anilines is 2. The van der Waals surface area contributed by atoms with E-state index in [1.54, 1.807) is 37.4 Å². The van der Waals surface area contributed by atoms with E-state index < -0.39 is 5.82 Å². The first-order valence-corrected chi connectivity index (χ1v) is 7.19. The number of carbonyl (C=O) groups is 1. The Balaban J connectivity index is 1.87. The van der Waals surface area contributed by atoms with Crippen molar-refractivity contribution in [1.82, 2.24) is 0 Å². The average molecular weight is 306 g/mol. The first-order valence-electron chi connectivity index (χ1n) is 6.20. The average Bonchev–Trinajstić information content (AvgIpc) is 2.49. The molecule has 0 heterocycles. The number of hydrogen-bond donors (Lipinski definition) is 2. The molecule has 0 aromatic heterocycles. The topological polar surface area (TPSA) is 64.3 Å². The first kappa shape index (κ1) is 15.2. The highest BCUT2D eigenvalue weighted by molar-refractivity contribution is 8.00. The Morgan fingerprint density at radius 3 is 2.62 bits per heavy atom. The highest BCUT2D eigenvalue weighted by atomic mass is 32.2. The van der Waals surface area contributed by atoms with Crippen LogP contribution in [-0.2, 0) is 4.79 Å². The van der Waals surface area contributed by atoms with Crippen molar-refractivity contribution in [3.05, 3.63) is 48.3 Å². The van der Waals surface area contributed by atoms with Gasteiger partial charge in [-0.25, -0.2) is 4.39 Å². The van der Waals surface area contributed by atoms with Gasteiger partial charge in [0.2, 0.25) is 5.91 Å². The summed E-state index contributed by atoms with van der Waals surface area (Å²) in [5.74, 6) is 0.271. The van der Waals surface area contributed by atoms with Crippen LogP contribution in [0, 0.1) is 5.82 Å². The van der Waals surface area contributed by atoms with E-state index in [4.69, 9.17) is 10.5 Å². The molecule has 0 radical (unpaired) electrons. The number of nitrogens with one attached hydrogen (secondary N) is 1. The molecule has 0 fully saturated rings. The lowest BCUT2D eigenvalue weighted by molar-refractivity contribution is -0.113. The third-order valence-corrected chi connectivity index (χ3v) is 3.71. The van der Waals surface area contributed by atoms with Crippen molar-refractivity contribution in [3.8, 4) is 5.75 Å². The summed E-state index contributed by atoms with van der Waals surface area (Å²) in [7, 11) is 1.58. The minimum Gasteiger partial charge on any atom is -0.497 e. The standard InChI is InChI=1S/C15H15FN2O2S/c1-20-11-4-2-10(3-5-11)18-15(19)9-21-12-6-7-14(17)13(16)8-12/h2-8H,9,17H2,1H3,(H,18,19). The summed E-state index contributed by atoms with van der Waals surface area (Å²) in [6.45, 7) is 0. The van der Waals surface area contributed by atoms with Crippen LogP contribution in [0.1, 0.15) is 0 Å². The Morgan fingerprint density at radius 2 is 2.00 bits per heavy atom. The highest BCUT2D eigenvalue weighted by Crippen LogP contribution is 2.22. The number of thioether (sulfide) groups is 1. The molecule has 0 aliphatic rings. The van der Waals surface area contributed by atoms with Gasteiger partial charge >= 0.3 is 0 Å². The molecule has 0 spiro atoms. The summed E-state index contributed by atoms with van der Waals surface area (Å²) >= 11 is 1.25. The fourth-order valence-electron chi connectivity index (χ4n) is 1.62. The third kappa shape index (κ3) is 4.39. The second kappa shape index (κ2) is 6.99. The Labute approximate surface area is 126 Å². The van der Waals surface area contributed by atoms with Gasteiger partial charge in [0, 0.05) is 10.6 Å². The van der Waals surface area contributed by atoms with Gasteiger partial charge in [0.15, 0.2) is 0 Å². The molecule has 21 heavy (non-hydrogen) atoms. The summed E-state index contributed by atoms with van der Waals surface area (Å²) in [6, 6.07) is 11.5. The van der Waals surface area contributed by atoms with E-state index >= 15 is 0 Å². The van der Waals surface area contributed by atoms with E-state index in [0.717, 1.165) is 5.75 Å². The van der Waals surface area contributed by atoms with E-state index in [2.05, 4.69) is 5.32 Å². The fraction of sp³-hybridized carbons (Fsp3) is 0.133. The lowest BCUT2D eigenvalue weighted by atomic mass is 10.3. The number of rotatable bonds is 5. The van der Waals surface area contributed by atoms with Gasteiger partial charge in [-0.3, -0.25) is 4.79 Å². The number of nitrogen functional groups attached to an aromatic ring is 1. The first-order chi connectivity index (χ1) is 10.1. The van der Waals surface area contributed by atoms with Crippen molar-refractivity contribution in [2.45, 2.75) is 4.90 Å². The van der Waals surface area contributed by atoms with Crippen LogP contribution in [0.15, 0.2) is 47.4 Å². The molecule has 3 N–H and O–H groups in total. The summed E-state index contributed by atoms with van der Waals surface area (Å²) in [4.78, 5) is 12.5. The number of amides is 1. The van der Waals surface area contributed by atoms with E-state index in [-0.39, 0.29) is 17.3 Å². The van der Waals surface area contributed by atoms with Crippen LogP contribution in [0.3, 0.4) is 0 Å². The molecule has 1 amide bonds. The molecular weight excluding hydrogens is 291 g/mol. The molecule has 2 aromatic carbocycles. The zero-order chi connectivity index (χ0) is 15.2. The van der Waals surface area contributed by atoms with Gasteiger partial charge in [-0.05, 0) is 42.5 Å². The van der Waals surface area contributed by atoms with E-state index in [9.17, 15) is 9.18 Å². The van der Waals surface area contributed by atoms with Crippen molar-refractivity contribution in [3.63, 3.8) is 0 Å². The van der Waals surface area contributed by atoms with Crippen LogP contribution in [0.25, 0.3) is 0 Å². The number of nitrogens with two attached hydrogens (primary N) is 1. The van der Waals surface area contributed by atoms with Crippen molar-refractivity contribution < 1.29 is 13.9 Å². The van der Waals surface area contributed by atoms with E-state index in [0.29, 0.717) is 10.6 Å². The Hall–Kier alpha value is -2.21. The molecule has 0 saturated heterocycles. The Morgan fingerprint density at radius 1 is 1.29 bits per heavy atom. The summed E-state index contributed by atoms with van der Waals surface area (Å²) in [5.41, 5.74) is 6.18. The molecule has 0 aliphatic heterocycles. The predicted octanol–water partition coefficient (Wildman–Crippen LogP) is 3.15. The van der Waals surface area contributed by atoms with Gasteiger partial charge in [-0.1, -0.05) is 0 Å². The number of benzene rings is 2. The van der Waals surface area contributed by atoms with Gasteiger partial charge < -0.3 is 15.8 Å². The minimum atomic E-state index is -0.476.